The molecular weight excluding hydrogens is 154 g/mol. The second-order valence-corrected chi connectivity index (χ2v) is 2.71. The third kappa shape index (κ3) is 5.65. The van der Waals surface area contributed by atoms with Crippen molar-refractivity contribution >= 4 is 12.2 Å². The van der Waals surface area contributed by atoms with Gasteiger partial charge in [-0.05, 0) is 18.9 Å². The van der Waals surface area contributed by atoms with Crippen LogP contribution in [0.5, 0.6) is 0 Å². The minimum atomic E-state index is -0.103. The Hall–Kier alpha value is -1.12. The lowest BCUT2D eigenvalue weighted by Gasteiger charge is -1.97. The number of rotatable bonds is 5. The molecule has 0 rings (SSSR count). The van der Waals surface area contributed by atoms with Crippen LogP contribution in [0, 0.1) is 5.92 Å². The summed E-state index contributed by atoms with van der Waals surface area (Å²) in [6, 6.07) is 0. The molecule has 1 N–H and O–H groups in total. The largest absolute Gasteiger partial charge is 0.356 e. The van der Waals surface area contributed by atoms with Gasteiger partial charge in [-0.1, -0.05) is 13.0 Å². The number of carbonyl (C=O) groups excluding carboxylic acids is 2. The molecule has 0 fully saturated rings. The number of carbonyl (C=O) groups is 2. The predicted octanol–water partition coefficient (Wildman–Crippen LogP) is 0.904. The van der Waals surface area contributed by atoms with E-state index in [-0.39, 0.29) is 11.8 Å². The number of aldehydes is 1. The number of amides is 1. The first-order valence-electron chi connectivity index (χ1n) is 4.04. The van der Waals surface area contributed by atoms with Gasteiger partial charge in [0.05, 0.1) is 0 Å². The van der Waals surface area contributed by atoms with Crippen LogP contribution in [0.25, 0.3) is 0 Å². The smallest absolute Gasteiger partial charge is 0.243 e. The maximum Gasteiger partial charge on any atom is 0.243 e. The van der Waals surface area contributed by atoms with Crippen LogP contribution in [0.2, 0.25) is 0 Å². The Morgan fingerprint density at radius 1 is 1.58 bits per heavy atom. The second kappa shape index (κ2) is 6.58. The van der Waals surface area contributed by atoms with Gasteiger partial charge >= 0.3 is 0 Å². The Bertz CT molecular complexity index is 175. The molecule has 0 aromatic rings. The molecule has 1 amide bonds. The molecule has 0 radical (unpaired) electrons. The molecule has 0 saturated carbocycles. The van der Waals surface area contributed by atoms with Crippen LogP contribution in [-0.2, 0) is 9.59 Å². The number of allylic oxidation sites excluding steroid dienone is 1. The van der Waals surface area contributed by atoms with E-state index in [1.807, 2.05) is 6.92 Å². The molecule has 0 bridgehead atoms. The maximum atomic E-state index is 10.7. The summed E-state index contributed by atoms with van der Waals surface area (Å²) in [5.74, 6) is -0.0203. The van der Waals surface area contributed by atoms with Crippen LogP contribution < -0.4 is 5.32 Å². The normalized spacial score (nSPS) is 12.8. The Balaban J connectivity index is 3.48. The fourth-order valence-corrected chi connectivity index (χ4v) is 0.701. The first-order chi connectivity index (χ1) is 5.70. The summed E-state index contributed by atoms with van der Waals surface area (Å²) in [6.45, 7) is 1.86. The summed E-state index contributed by atoms with van der Waals surface area (Å²) in [5, 5.41) is 2.47. The fraction of sp³-hybridized carbons (Fsp3) is 0.556. The minimum Gasteiger partial charge on any atom is -0.356 e. The molecule has 68 valence electrons. The van der Waals surface area contributed by atoms with E-state index in [1.54, 1.807) is 13.1 Å². The second-order valence-electron chi connectivity index (χ2n) is 2.71. The zero-order valence-electron chi connectivity index (χ0n) is 7.54. The van der Waals surface area contributed by atoms with E-state index in [4.69, 9.17) is 0 Å². The number of nitrogens with one attached hydrogen (secondary N) is 1. The van der Waals surface area contributed by atoms with Gasteiger partial charge in [-0.25, -0.2) is 0 Å². The average molecular weight is 169 g/mol. The van der Waals surface area contributed by atoms with Crippen molar-refractivity contribution in [1.29, 1.82) is 0 Å². The van der Waals surface area contributed by atoms with Gasteiger partial charge in [0, 0.05) is 13.0 Å². The zero-order valence-corrected chi connectivity index (χ0v) is 7.54. The van der Waals surface area contributed by atoms with Gasteiger partial charge in [-0.3, -0.25) is 4.79 Å². The fourth-order valence-electron chi connectivity index (χ4n) is 0.701. The van der Waals surface area contributed by atoms with Crippen molar-refractivity contribution in [3.05, 3.63) is 12.2 Å². The summed E-state index contributed by atoms with van der Waals surface area (Å²) < 4.78 is 0. The number of hydrogen-bond donors (Lipinski definition) is 1. The van der Waals surface area contributed by atoms with E-state index in [2.05, 4.69) is 5.32 Å². The summed E-state index contributed by atoms with van der Waals surface area (Å²) in [6.07, 6.45) is 5.76. The van der Waals surface area contributed by atoms with Gasteiger partial charge in [0.25, 0.3) is 0 Å². The van der Waals surface area contributed by atoms with Crippen molar-refractivity contribution in [3.8, 4) is 0 Å². The van der Waals surface area contributed by atoms with Crippen LogP contribution in [0.4, 0.5) is 0 Å². The van der Waals surface area contributed by atoms with E-state index in [0.717, 1.165) is 19.1 Å². The Morgan fingerprint density at radius 2 is 2.25 bits per heavy atom. The Labute approximate surface area is 72.8 Å². The quantitative estimate of drug-likeness (QED) is 0.491. The first kappa shape index (κ1) is 10.9. The van der Waals surface area contributed by atoms with E-state index in [0.29, 0.717) is 0 Å². The van der Waals surface area contributed by atoms with Crippen molar-refractivity contribution < 1.29 is 9.59 Å². The molecule has 0 spiro atoms. The highest BCUT2D eigenvalue weighted by Gasteiger charge is 1.96. The van der Waals surface area contributed by atoms with Gasteiger partial charge in [0.1, 0.15) is 6.29 Å². The average Bonchev–Trinajstić information content (AvgIpc) is 2.11. The lowest BCUT2D eigenvalue weighted by Crippen LogP contribution is -2.13. The van der Waals surface area contributed by atoms with Crippen molar-refractivity contribution in [1.82, 2.24) is 5.32 Å². The topological polar surface area (TPSA) is 46.2 Å². The third-order valence-corrected chi connectivity index (χ3v) is 1.54. The van der Waals surface area contributed by atoms with Crippen LogP contribution in [0.3, 0.4) is 0 Å². The Morgan fingerprint density at radius 3 is 2.75 bits per heavy atom. The maximum absolute atomic E-state index is 10.7. The van der Waals surface area contributed by atoms with E-state index < -0.39 is 0 Å². The van der Waals surface area contributed by atoms with Gasteiger partial charge in [0.15, 0.2) is 0 Å². The summed E-state index contributed by atoms with van der Waals surface area (Å²) in [4.78, 5) is 20.8. The highest BCUT2D eigenvalue weighted by Crippen LogP contribution is 2.01. The molecule has 0 heterocycles. The van der Waals surface area contributed by atoms with Crippen LogP contribution in [-0.4, -0.2) is 19.2 Å². The number of hydrogen-bond acceptors (Lipinski definition) is 2. The molecule has 0 aromatic heterocycles. The highest BCUT2D eigenvalue weighted by molar-refractivity contribution is 5.87. The summed E-state index contributed by atoms with van der Waals surface area (Å²) >= 11 is 0. The standard InChI is InChI=1S/C9H15NO2/c1-8(7-11)5-3-4-6-9(12)10-2/h4,6-8H,3,5H2,1-2H3,(H,10,12)/b6-4+. The lowest BCUT2D eigenvalue weighted by molar-refractivity contribution is -0.116. The van der Waals surface area contributed by atoms with Gasteiger partial charge < -0.3 is 10.1 Å². The number of likely N-dealkylation sites (N-methyl/N-ethyl adjacent to an activating group) is 1. The molecule has 0 aliphatic heterocycles. The third-order valence-electron chi connectivity index (χ3n) is 1.54. The molecule has 0 saturated heterocycles. The van der Waals surface area contributed by atoms with Crippen molar-refractivity contribution in [2.24, 2.45) is 5.92 Å². The summed E-state index contributed by atoms with van der Waals surface area (Å²) in [5.41, 5.74) is 0. The SMILES string of the molecule is CNC(=O)/C=C/CCC(C)C=O. The van der Waals surface area contributed by atoms with Gasteiger partial charge in [0.2, 0.25) is 5.91 Å². The van der Waals surface area contributed by atoms with Crippen LogP contribution >= 0.6 is 0 Å². The monoisotopic (exact) mass is 169 g/mol. The molecule has 12 heavy (non-hydrogen) atoms. The van der Waals surface area contributed by atoms with E-state index in [1.165, 1.54) is 6.08 Å². The van der Waals surface area contributed by atoms with Crippen molar-refractivity contribution in [2.45, 2.75) is 19.8 Å². The molecule has 1 unspecified atom stereocenters. The van der Waals surface area contributed by atoms with Gasteiger partial charge in [-0.2, -0.15) is 0 Å². The first-order valence-corrected chi connectivity index (χ1v) is 4.04. The molecule has 3 heteroatoms. The van der Waals surface area contributed by atoms with E-state index in [9.17, 15) is 9.59 Å². The summed E-state index contributed by atoms with van der Waals surface area (Å²) in [7, 11) is 1.58. The molecular formula is C9H15NO2. The zero-order chi connectivity index (χ0) is 9.40. The van der Waals surface area contributed by atoms with E-state index >= 15 is 0 Å². The molecule has 1 atom stereocenters. The molecule has 0 aliphatic rings. The highest BCUT2D eigenvalue weighted by atomic mass is 16.1. The Kier molecular flexibility index (Phi) is 5.97. The molecule has 3 nitrogen and oxygen atoms in total. The van der Waals surface area contributed by atoms with Gasteiger partial charge in [-0.15, -0.1) is 0 Å². The minimum absolute atomic E-state index is 0.0827. The lowest BCUT2D eigenvalue weighted by atomic mass is 10.1. The van der Waals surface area contributed by atoms with Crippen molar-refractivity contribution in [2.75, 3.05) is 7.05 Å². The van der Waals surface area contributed by atoms with Crippen LogP contribution in [0.15, 0.2) is 12.2 Å². The van der Waals surface area contributed by atoms with Crippen LogP contribution in [0.1, 0.15) is 19.8 Å². The molecule has 0 aromatic carbocycles. The molecule has 0 aliphatic carbocycles. The van der Waals surface area contributed by atoms with Crippen molar-refractivity contribution in [3.63, 3.8) is 0 Å². The predicted molar refractivity (Wildman–Crippen MR) is 47.7 cm³/mol.